The Bertz CT molecular complexity index is 2130. The third-order valence-electron chi connectivity index (χ3n) is 7.34. The van der Waals surface area contributed by atoms with E-state index >= 15 is 0 Å². The lowest BCUT2D eigenvalue weighted by Gasteiger charge is -2.22. The molecule has 0 fully saturated rings. The van der Waals surface area contributed by atoms with Crippen molar-refractivity contribution < 1.29 is 25.2 Å². The second-order valence-electron chi connectivity index (χ2n) is 10.0. The van der Waals surface area contributed by atoms with Crippen LogP contribution in [0.25, 0.3) is 43.4 Å². The van der Waals surface area contributed by atoms with Gasteiger partial charge in [-0.3, -0.25) is 0 Å². The van der Waals surface area contributed by atoms with Crippen molar-refractivity contribution in [3.8, 4) is 17.2 Å². The predicted octanol–water partition coefficient (Wildman–Crippen LogP) is 9.48. The van der Waals surface area contributed by atoms with Crippen LogP contribution >= 0.6 is 12.0 Å². The zero-order chi connectivity index (χ0) is 30.2. The highest BCUT2D eigenvalue weighted by Crippen LogP contribution is 2.45. The molecule has 0 aliphatic carbocycles. The highest BCUT2D eigenvalue weighted by atomic mass is 32.3. The van der Waals surface area contributed by atoms with Gasteiger partial charge in [-0.2, -0.15) is 30.5 Å². The standard InChI is InChI=1S/C34H22F3NO3S2/c35-34(36,37)43(39,40)41-42-32(17-22-13-15-23(21-38)16-14-22)29-11-5-6-12-30(29)33-28-10-4-3-9-26(28)19-27-18-24-7-1-2-8-25(24)20-31(27)33/h1-16,18-20,32H,17H2. The fraction of sp³-hybridized carbons (Fsp3) is 0.0882. The zero-order valence-corrected chi connectivity index (χ0v) is 24.0. The summed E-state index contributed by atoms with van der Waals surface area (Å²) in [4.78, 5) is 0. The maximum atomic E-state index is 13.3. The molecule has 0 spiro atoms. The van der Waals surface area contributed by atoms with Gasteiger partial charge in [0.15, 0.2) is 0 Å². The zero-order valence-electron chi connectivity index (χ0n) is 22.4. The van der Waals surface area contributed by atoms with Gasteiger partial charge in [0, 0.05) is 12.0 Å². The quantitative estimate of drug-likeness (QED) is 0.102. The monoisotopic (exact) mass is 613 g/mol. The molecule has 43 heavy (non-hydrogen) atoms. The Morgan fingerprint density at radius 2 is 1.35 bits per heavy atom. The van der Waals surface area contributed by atoms with Crippen LogP contribution < -0.4 is 0 Å². The van der Waals surface area contributed by atoms with Crippen molar-refractivity contribution in [2.45, 2.75) is 17.2 Å². The first kappa shape index (κ1) is 28.7. The lowest BCUT2D eigenvalue weighted by Crippen LogP contribution is -2.24. The summed E-state index contributed by atoms with van der Waals surface area (Å²) >= 11 is 0.262. The van der Waals surface area contributed by atoms with Crippen LogP contribution in [0.5, 0.6) is 0 Å². The highest BCUT2D eigenvalue weighted by molar-refractivity contribution is 8.04. The molecule has 0 radical (unpaired) electrons. The van der Waals surface area contributed by atoms with Crippen LogP contribution in [0.1, 0.15) is 21.9 Å². The summed E-state index contributed by atoms with van der Waals surface area (Å²) in [5, 5.41) is 14.3. The molecule has 6 rings (SSSR count). The van der Waals surface area contributed by atoms with Gasteiger partial charge in [0.2, 0.25) is 0 Å². The summed E-state index contributed by atoms with van der Waals surface area (Å²) in [6.07, 6.45) is 0.145. The topological polar surface area (TPSA) is 67.2 Å². The van der Waals surface area contributed by atoms with Crippen LogP contribution in [-0.2, 0) is 20.2 Å². The molecular formula is C34H22F3NO3S2. The molecule has 9 heteroatoms. The van der Waals surface area contributed by atoms with E-state index in [1.165, 1.54) is 0 Å². The molecule has 0 aliphatic heterocycles. The summed E-state index contributed by atoms with van der Waals surface area (Å²) in [6.45, 7) is 0. The van der Waals surface area contributed by atoms with E-state index in [1.807, 2.05) is 66.7 Å². The van der Waals surface area contributed by atoms with Crippen molar-refractivity contribution >= 4 is 54.5 Å². The van der Waals surface area contributed by atoms with Crippen molar-refractivity contribution in [1.29, 1.82) is 5.26 Å². The van der Waals surface area contributed by atoms with Crippen molar-refractivity contribution in [3.63, 3.8) is 0 Å². The second kappa shape index (κ2) is 11.4. The average molecular weight is 614 g/mol. The van der Waals surface area contributed by atoms with Gasteiger partial charge in [0.1, 0.15) is 0 Å². The summed E-state index contributed by atoms with van der Waals surface area (Å²) in [5.41, 5.74) is -2.19. The second-order valence-corrected chi connectivity index (χ2v) is 12.7. The van der Waals surface area contributed by atoms with E-state index in [0.717, 1.165) is 43.4 Å². The number of hydrogen-bond acceptors (Lipinski definition) is 5. The Hall–Kier alpha value is -4.36. The third-order valence-corrected chi connectivity index (χ3v) is 9.59. The Morgan fingerprint density at radius 1 is 0.744 bits per heavy atom. The molecule has 0 aromatic heterocycles. The molecule has 4 nitrogen and oxygen atoms in total. The minimum atomic E-state index is -5.85. The Kier molecular flexibility index (Phi) is 7.61. The van der Waals surface area contributed by atoms with Gasteiger partial charge in [0.25, 0.3) is 0 Å². The van der Waals surface area contributed by atoms with Crippen LogP contribution in [0.3, 0.4) is 0 Å². The smallest absolute Gasteiger partial charge is 0.192 e. The molecule has 6 aromatic carbocycles. The molecule has 1 unspecified atom stereocenters. The maximum absolute atomic E-state index is 13.3. The number of hydrogen-bond donors (Lipinski definition) is 0. The van der Waals surface area contributed by atoms with Crippen LogP contribution in [0.2, 0.25) is 0 Å². The summed E-state index contributed by atoms with van der Waals surface area (Å²) in [6, 6.07) is 38.2. The Morgan fingerprint density at radius 3 is 2.05 bits per heavy atom. The molecule has 0 aliphatic rings. The number of alkyl halides is 3. The third kappa shape index (κ3) is 5.69. The van der Waals surface area contributed by atoms with Gasteiger partial charge >= 0.3 is 15.6 Å². The number of fused-ring (bicyclic) bond motifs is 3. The first-order valence-electron chi connectivity index (χ1n) is 13.2. The van der Waals surface area contributed by atoms with E-state index in [9.17, 15) is 26.9 Å². The highest BCUT2D eigenvalue weighted by Gasteiger charge is 2.48. The van der Waals surface area contributed by atoms with Crippen LogP contribution in [0.4, 0.5) is 13.2 Å². The largest absolute Gasteiger partial charge is 0.524 e. The lowest BCUT2D eigenvalue weighted by atomic mass is 9.87. The Balaban J connectivity index is 1.57. The molecule has 214 valence electrons. The summed E-state index contributed by atoms with van der Waals surface area (Å²) < 4.78 is 68.2. The predicted molar refractivity (Wildman–Crippen MR) is 166 cm³/mol. The molecule has 0 N–H and O–H groups in total. The number of rotatable bonds is 7. The van der Waals surface area contributed by atoms with E-state index in [2.05, 4.69) is 21.8 Å². The van der Waals surface area contributed by atoms with Crippen LogP contribution in [0.15, 0.2) is 115 Å². The normalized spacial score (nSPS) is 12.9. The first-order chi connectivity index (χ1) is 20.6. The van der Waals surface area contributed by atoms with E-state index in [4.69, 9.17) is 0 Å². The van der Waals surface area contributed by atoms with Gasteiger partial charge in [0.05, 0.1) is 16.9 Å². The number of nitrogens with zero attached hydrogens (tertiary/aromatic N) is 1. The Labute approximate surface area is 250 Å². The molecule has 0 amide bonds. The number of benzene rings is 6. The number of halogens is 3. The van der Waals surface area contributed by atoms with Crippen molar-refractivity contribution in [2.75, 3.05) is 0 Å². The average Bonchev–Trinajstić information content (AvgIpc) is 3.00. The minimum Gasteiger partial charge on any atom is -0.192 e. The van der Waals surface area contributed by atoms with E-state index in [1.54, 1.807) is 36.4 Å². The molecule has 6 aromatic rings. The van der Waals surface area contributed by atoms with Crippen LogP contribution in [-0.4, -0.2) is 13.9 Å². The summed E-state index contributed by atoms with van der Waals surface area (Å²) in [7, 11) is -5.85. The molecule has 0 heterocycles. The van der Waals surface area contributed by atoms with Gasteiger partial charge < -0.3 is 0 Å². The molecule has 0 saturated carbocycles. The van der Waals surface area contributed by atoms with Gasteiger partial charge in [-0.1, -0.05) is 84.9 Å². The molecule has 0 bridgehead atoms. The van der Waals surface area contributed by atoms with E-state index in [-0.39, 0.29) is 18.5 Å². The first-order valence-corrected chi connectivity index (χ1v) is 15.4. The molecule has 0 saturated heterocycles. The molecular weight excluding hydrogens is 592 g/mol. The van der Waals surface area contributed by atoms with Crippen molar-refractivity contribution in [1.82, 2.24) is 0 Å². The fourth-order valence-electron chi connectivity index (χ4n) is 5.32. The fourth-order valence-corrected chi connectivity index (χ4v) is 6.99. The van der Waals surface area contributed by atoms with E-state index < -0.39 is 20.9 Å². The van der Waals surface area contributed by atoms with Crippen LogP contribution in [0, 0.1) is 11.3 Å². The minimum absolute atomic E-state index is 0.145. The number of nitriles is 1. The SMILES string of the molecule is N#Cc1ccc(CC(SOS(=O)(=O)C(F)(F)F)c2ccccc2-c2c3ccccc3cc3cc4ccccc4cc23)cc1. The van der Waals surface area contributed by atoms with Crippen molar-refractivity contribution in [3.05, 3.63) is 132 Å². The van der Waals surface area contributed by atoms with Gasteiger partial charge in [-0.05, 0) is 91.3 Å². The van der Waals surface area contributed by atoms with Gasteiger partial charge in [-0.15, -0.1) is 0 Å². The lowest BCUT2D eigenvalue weighted by molar-refractivity contribution is -0.0494. The van der Waals surface area contributed by atoms with Crippen molar-refractivity contribution in [2.24, 2.45) is 0 Å². The van der Waals surface area contributed by atoms with E-state index in [0.29, 0.717) is 16.7 Å². The maximum Gasteiger partial charge on any atom is 0.524 e. The van der Waals surface area contributed by atoms with Gasteiger partial charge in [-0.25, -0.2) is 0 Å². The summed E-state index contributed by atoms with van der Waals surface area (Å²) in [5.74, 6) is 0. The molecule has 1 atom stereocenters.